The molecule has 4 nitrogen and oxygen atoms in total. The number of aromatic nitrogens is 2. The van der Waals surface area contributed by atoms with Gasteiger partial charge in [-0.1, -0.05) is 0 Å². The summed E-state index contributed by atoms with van der Waals surface area (Å²) < 4.78 is 2.11. The van der Waals surface area contributed by atoms with Gasteiger partial charge in [0.1, 0.15) is 5.82 Å². The third-order valence-electron chi connectivity index (χ3n) is 2.76. The summed E-state index contributed by atoms with van der Waals surface area (Å²) in [6.45, 7) is 2.96. The Kier molecular flexibility index (Phi) is 2.72. The van der Waals surface area contributed by atoms with Crippen LogP contribution in [0.15, 0.2) is 6.20 Å². The third-order valence-corrected chi connectivity index (χ3v) is 2.76. The van der Waals surface area contributed by atoms with Crippen LogP contribution >= 0.6 is 0 Å². The molecule has 0 bridgehead atoms. The van der Waals surface area contributed by atoms with Crippen molar-refractivity contribution in [2.75, 3.05) is 25.0 Å². The Morgan fingerprint density at radius 2 is 2.36 bits per heavy atom. The molecule has 0 radical (unpaired) electrons. The summed E-state index contributed by atoms with van der Waals surface area (Å²) in [5.74, 6) is 1.30. The van der Waals surface area contributed by atoms with Gasteiger partial charge < -0.3 is 10.6 Å². The van der Waals surface area contributed by atoms with Crippen molar-refractivity contribution in [2.24, 2.45) is 5.73 Å². The van der Waals surface area contributed by atoms with Crippen molar-refractivity contribution >= 4 is 5.82 Å². The fourth-order valence-electron chi connectivity index (χ4n) is 2.06. The van der Waals surface area contributed by atoms with Crippen molar-refractivity contribution in [1.82, 2.24) is 9.78 Å². The molecule has 2 rings (SSSR count). The van der Waals surface area contributed by atoms with Crippen LogP contribution in [0.4, 0.5) is 5.82 Å². The Morgan fingerprint density at radius 3 is 3.14 bits per heavy atom. The number of hydrogen-bond acceptors (Lipinski definition) is 3. The van der Waals surface area contributed by atoms with Crippen molar-refractivity contribution < 1.29 is 0 Å². The third kappa shape index (κ3) is 1.62. The van der Waals surface area contributed by atoms with Crippen LogP contribution in [0.25, 0.3) is 0 Å². The van der Waals surface area contributed by atoms with E-state index in [0.717, 1.165) is 32.5 Å². The van der Waals surface area contributed by atoms with Crippen molar-refractivity contribution in [3.05, 3.63) is 11.8 Å². The molecule has 0 aliphatic carbocycles. The first-order chi connectivity index (χ1) is 6.83. The average Bonchev–Trinajstić information content (AvgIpc) is 2.59. The number of hydrogen-bond donors (Lipinski definition) is 1. The van der Waals surface area contributed by atoms with E-state index in [2.05, 4.69) is 21.7 Å². The van der Waals surface area contributed by atoms with E-state index in [9.17, 15) is 0 Å². The topological polar surface area (TPSA) is 47.1 Å². The van der Waals surface area contributed by atoms with E-state index in [4.69, 9.17) is 5.73 Å². The van der Waals surface area contributed by atoms with Gasteiger partial charge in [-0.3, -0.25) is 0 Å². The minimum atomic E-state index is 0.758. The Hall–Kier alpha value is -1.03. The number of rotatable bonds is 3. The average molecular weight is 194 g/mol. The second-order valence-electron chi connectivity index (χ2n) is 3.88. The summed E-state index contributed by atoms with van der Waals surface area (Å²) in [7, 11) is 2.14. The minimum Gasteiger partial charge on any atom is -0.360 e. The second-order valence-corrected chi connectivity index (χ2v) is 3.88. The largest absolute Gasteiger partial charge is 0.360 e. The summed E-state index contributed by atoms with van der Waals surface area (Å²) in [5, 5.41) is 4.39. The molecule has 0 saturated carbocycles. The predicted octanol–water partition coefficient (Wildman–Crippen LogP) is 0.614. The van der Waals surface area contributed by atoms with E-state index in [1.54, 1.807) is 0 Å². The van der Waals surface area contributed by atoms with E-state index >= 15 is 0 Å². The first-order valence-electron chi connectivity index (χ1n) is 5.29. The Labute approximate surface area is 84.7 Å². The number of nitrogens with zero attached hydrogens (tertiary/aromatic N) is 3. The van der Waals surface area contributed by atoms with Crippen LogP contribution in [-0.2, 0) is 13.0 Å². The molecule has 0 atom stereocenters. The van der Waals surface area contributed by atoms with Crippen molar-refractivity contribution in [3.63, 3.8) is 0 Å². The minimum absolute atomic E-state index is 0.758. The standard InChI is InChI=1S/C10H18N4/c1-13-6-3-7-14-10(13)9(8-12-14)4-2-5-11/h8H,2-7,11H2,1H3. The van der Waals surface area contributed by atoms with Gasteiger partial charge in [-0.2, -0.15) is 5.10 Å². The maximum Gasteiger partial charge on any atom is 0.129 e. The Morgan fingerprint density at radius 1 is 1.50 bits per heavy atom. The van der Waals surface area contributed by atoms with Crippen molar-refractivity contribution in [3.8, 4) is 0 Å². The SMILES string of the molecule is CN1CCCn2ncc(CCCN)c21. The quantitative estimate of drug-likeness (QED) is 0.767. The molecule has 1 aromatic rings. The molecule has 1 aliphatic rings. The zero-order valence-corrected chi connectivity index (χ0v) is 8.74. The predicted molar refractivity (Wildman–Crippen MR) is 57.5 cm³/mol. The highest BCUT2D eigenvalue weighted by atomic mass is 15.4. The molecule has 4 heteroatoms. The molecule has 78 valence electrons. The molecule has 0 amide bonds. The lowest BCUT2D eigenvalue weighted by atomic mass is 10.1. The van der Waals surface area contributed by atoms with Gasteiger partial charge in [0.15, 0.2) is 0 Å². The molecule has 0 saturated heterocycles. The van der Waals surface area contributed by atoms with Gasteiger partial charge >= 0.3 is 0 Å². The normalized spacial score (nSPS) is 15.7. The van der Waals surface area contributed by atoms with Crippen molar-refractivity contribution in [1.29, 1.82) is 0 Å². The zero-order valence-electron chi connectivity index (χ0n) is 8.74. The van der Waals surface area contributed by atoms with Crippen molar-refractivity contribution in [2.45, 2.75) is 25.8 Å². The molecule has 0 aromatic carbocycles. The van der Waals surface area contributed by atoms with E-state index in [1.165, 1.54) is 17.8 Å². The maximum atomic E-state index is 5.52. The van der Waals surface area contributed by atoms with E-state index in [1.807, 2.05) is 6.20 Å². The van der Waals surface area contributed by atoms with Gasteiger partial charge in [-0.15, -0.1) is 0 Å². The van der Waals surface area contributed by atoms with Crippen LogP contribution in [0.5, 0.6) is 0 Å². The first-order valence-corrected chi connectivity index (χ1v) is 5.29. The van der Waals surface area contributed by atoms with Gasteiger partial charge in [0, 0.05) is 25.7 Å². The summed E-state index contributed by atoms with van der Waals surface area (Å²) in [5.41, 5.74) is 6.86. The van der Waals surface area contributed by atoms with Gasteiger partial charge in [-0.25, -0.2) is 4.68 Å². The van der Waals surface area contributed by atoms with Crippen LogP contribution in [-0.4, -0.2) is 29.9 Å². The molecular weight excluding hydrogens is 176 g/mol. The molecule has 2 heterocycles. The van der Waals surface area contributed by atoms with Crippen LogP contribution in [0.3, 0.4) is 0 Å². The number of nitrogens with two attached hydrogens (primary N) is 1. The maximum absolute atomic E-state index is 5.52. The lowest BCUT2D eigenvalue weighted by Gasteiger charge is -2.26. The van der Waals surface area contributed by atoms with Crippen LogP contribution < -0.4 is 10.6 Å². The summed E-state index contributed by atoms with van der Waals surface area (Å²) in [4.78, 5) is 2.29. The lowest BCUT2D eigenvalue weighted by Crippen LogP contribution is -2.29. The van der Waals surface area contributed by atoms with Gasteiger partial charge in [0.2, 0.25) is 0 Å². The molecule has 14 heavy (non-hydrogen) atoms. The summed E-state index contributed by atoms with van der Waals surface area (Å²) in [6, 6.07) is 0. The van der Waals surface area contributed by atoms with Gasteiger partial charge in [-0.05, 0) is 25.8 Å². The highest BCUT2D eigenvalue weighted by Gasteiger charge is 2.17. The zero-order chi connectivity index (χ0) is 9.97. The molecule has 1 aromatic heterocycles. The van der Waals surface area contributed by atoms with Gasteiger partial charge in [0.05, 0.1) is 6.20 Å². The molecule has 0 fully saturated rings. The van der Waals surface area contributed by atoms with E-state index in [-0.39, 0.29) is 0 Å². The van der Waals surface area contributed by atoms with Crippen LogP contribution in [0.2, 0.25) is 0 Å². The molecular formula is C10H18N4. The lowest BCUT2D eigenvalue weighted by molar-refractivity contribution is 0.532. The van der Waals surface area contributed by atoms with Crippen LogP contribution in [0.1, 0.15) is 18.4 Å². The summed E-state index contributed by atoms with van der Waals surface area (Å²) >= 11 is 0. The number of anilines is 1. The number of fused-ring (bicyclic) bond motifs is 1. The molecule has 0 unspecified atom stereocenters. The fraction of sp³-hybridized carbons (Fsp3) is 0.700. The highest BCUT2D eigenvalue weighted by Crippen LogP contribution is 2.24. The van der Waals surface area contributed by atoms with Crippen LogP contribution in [0, 0.1) is 0 Å². The Balaban J connectivity index is 2.20. The fourth-order valence-corrected chi connectivity index (χ4v) is 2.06. The van der Waals surface area contributed by atoms with E-state index < -0.39 is 0 Å². The Bertz CT molecular complexity index is 305. The summed E-state index contributed by atoms with van der Waals surface area (Å²) in [6.07, 6.45) is 5.29. The number of aryl methyl sites for hydroxylation is 2. The first kappa shape index (κ1) is 9.52. The molecule has 1 aliphatic heterocycles. The van der Waals surface area contributed by atoms with E-state index in [0.29, 0.717) is 0 Å². The van der Waals surface area contributed by atoms with Gasteiger partial charge in [0.25, 0.3) is 0 Å². The molecule has 0 spiro atoms. The smallest absolute Gasteiger partial charge is 0.129 e. The highest BCUT2D eigenvalue weighted by molar-refractivity contribution is 5.47. The monoisotopic (exact) mass is 194 g/mol. The molecule has 2 N–H and O–H groups in total. The second kappa shape index (κ2) is 4.00.